The second-order valence-corrected chi connectivity index (χ2v) is 11.6. The molecule has 0 aromatic heterocycles. The van der Waals surface area contributed by atoms with Gasteiger partial charge in [-0.2, -0.15) is 0 Å². The van der Waals surface area contributed by atoms with Crippen molar-refractivity contribution in [1.82, 2.24) is 15.1 Å². The second-order valence-electron chi connectivity index (χ2n) is 11.6. The van der Waals surface area contributed by atoms with Gasteiger partial charge in [0.05, 0.1) is 33.2 Å². The maximum absolute atomic E-state index is 13.7. The summed E-state index contributed by atoms with van der Waals surface area (Å²) >= 11 is 0. The van der Waals surface area contributed by atoms with Crippen molar-refractivity contribution in [2.45, 2.75) is 103 Å². The summed E-state index contributed by atoms with van der Waals surface area (Å²) in [6, 6.07) is -2.15. The number of carbonyl (C=O) groups excluding carboxylic acids is 5. The average molecular weight is 594 g/mol. The normalized spacial score (nSPS) is 22.3. The number of ether oxygens (including phenoxy) is 3. The van der Waals surface area contributed by atoms with Crippen molar-refractivity contribution in [3.8, 4) is 0 Å². The van der Waals surface area contributed by atoms with Crippen LogP contribution in [0.4, 0.5) is 18.4 Å². The molecular weight excluding hydrogens is 552 g/mol. The van der Waals surface area contributed by atoms with Gasteiger partial charge in [-0.3, -0.25) is 24.2 Å². The lowest BCUT2D eigenvalue weighted by atomic mass is 10.1. The molecular formula is C26H41F2N3O10. The molecule has 0 saturated carbocycles. The molecule has 0 unspecified atom stereocenters. The molecule has 0 spiro atoms. The van der Waals surface area contributed by atoms with Crippen molar-refractivity contribution in [1.29, 1.82) is 0 Å². The molecule has 2 rings (SSSR count). The number of ketones is 1. The minimum absolute atomic E-state index is 0.0703. The van der Waals surface area contributed by atoms with E-state index in [2.05, 4.69) is 10.1 Å². The van der Waals surface area contributed by atoms with Crippen LogP contribution in [0, 0.1) is 0 Å². The lowest BCUT2D eigenvalue weighted by molar-refractivity contribution is -0.142. The molecule has 2 N–H and O–H groups in total. The zero-order valence-electron chi connectivity index (χ0n) is 24.5. The Bertz CT molecular complexity index is 980. The molecule has 0 bridgehead atoms. The number of amides is 3. The van der Waals surface area contributed by atoms with E-state index in [1.165, 1.54) is 7.11 Å². The van der Waals surface area contributed by atoms with E-state index in [4.69, 9.17) is 14.6 Å². The quantitative estimate of drug-likeness (QED) is 0.330. The van der Waals surface area contributed by atoms with Crippen molar-refractivity contribution in [3.63, 3.8) is 0 Å². The van der Waals surface area contributed by atoms with Gasteiger partial charge in [0.1, 0.15) is 35.6 Å². The van der Waals surface area contributed by atoms with Crippen LogP contribution in [0.5, 0.6) is 0 Å². The highest BCUT2D eigenvalue weighted by Crippen LogP contribution is 2.24. The predicted molar refractivity (Wildman–Crippen MR) is 139 cm³/mol. The van der Waals surface area contributed by atoms with Crippen LogP contribution in [0.3, 0.4) is 0 Å². The smallest absolute Gasteiger partial charge is 0.411 e. The number of esters is 1. The van der Waals surface area contributed by atoms with Crippen molar-refractivity contribution < 1.29 is 56.9 Å². The zero-order valence-corrected chi connectivity index (χ0v) is 24.5. The summed E-state index contributed by atoms with van der Waals surface area (Å²) in [7, 11) is 1.22. The first-order valence-electron chi connectivity index (χ1n) is 13.1. The van der Waals surface area contributed by atoms with Crippen LogP contribution in [0.15, 0.2) is 0 Å². The molecule has 0 aromatic carbocycles. The van der Waals surface area contributed by atoms with E-state index in [1.807, 2.05) is 0 Å². The van der Waals surface area contributed by atoms with E-state index >= 15 is 0 Å². The second kappa shape index (κ2) is 14.9. The molecule has 2 aliphatic heterocycles. The van der Waals surface area contributed by atoms with Crippen LogP contribution in [0.1, 0.15) is 67.2 Å². The Balaban J connectivity index is 0.000000452. The average Bonchev–Trinajstić information content (AvgIpc) is 3.42. The molecule has 0 aromatic rings. The van der Waals surface area contributed by atoms with Gasteiger partial charge in [-0.05, 0) is 41.5 Å². The van der Waals surface area contributed by atoms with Gasteiger partial charge in [0.25, 0.3) is 0 Å². The summed E-state index contributed by atoms with van der Waals surface area (Å²) in [6.07, 6.45) is -4.66. The van der Waals surface area contributed by atoms with Crippen molar-refractivity contribution in [2.75, 3.05) is 26.7 Å². The topological polar surface area (TPSA) is 169 Å². The molecule has 15 heteroatoms. The summed E-state index contributed by atoms with van der Waals surface area (Å²) in [4.78, 5) is 71.3. The third-order valence-electron chi connectivity index (χ3n) is 5.64. The zero-order chi connectivity index (χ0) is 31.7. The number of carboxylic acid groups (broad SMARTS) is 1. The van der Waals surface area contributed by atoms with Crippen LogP contribution in [0.2, 0.25) is 0 Å². The highest BCUT2D eigenvalue weighted by Gasteiger charge is 2.42. The van der Waals surface area contributed by atoms with Gasteiger partial charge in [-0.15, -0.1) is 0 Å². The predicted octanol–water partition coefficient (Wildman–Crippen LogP) is 2.39. The van der Waals surface area contributed by atoms with Crippen molar-refractivity contribution in [2.24, 2.45) is 0 Å². The van der Waals surface area contributed by atoms with Gasteiger partial charge in [0, 0.05) is 19.3 Å². The van der Waals surface area contributed by atoms with Gasteiger partial charge in [0.15, 0.2) is 5.78 Å². The summed E-state index contributed by atoms with van der Waals surface area (Å²) < 4.78 is 41.3. The summed E-state index contributed by atoms with van der Waals surface area (Å²) in [5.41, 5.74) is -1.48. The SMILES string of the molecule is CC(C)(C)OC(=O)N1C[C@@H](F)C[C@H]1C(=O)O.COC(=O)CCC(=O)CNC(=O)[C@@H]1C[C@H](F)CN1C(=O)OC(C)(C)C. The number of carboxylic acids is 1. The van der Waals surface area contributed by atoms with Gasteiger partial charge in [0.2, 0.25) is 5.91 Å². The van der Waals surface area contributed by atoms with Crippen LogP contribution < -0.4 is 5.32 Å². The fourth-order valence-corrected chi connectivity index (χ4v) is 3.83. The number of hydrogen-bond donors (Lipinski definition) is 2. The molecule has 234 valence electrons. The molecule has 13 nitrogen and oxygen atoms in total. The number of methoxy groups -OCH3 is 1. The van der Waals surface area contributed by atoms with E-state index in [9.17, 15) is 37.5 Å². The third kappa shape index (κ3) is 12.7. The lowest BCUT2D eigenvalue weighted by Crippen LogP contribution is -2.48. The number of nitrogens with zero attached hydrogens (tertiary/aromatic N) is 2. The van der Waals surface area contributed by atoms with Crippen molar-refractivity contribution in [3.05, 3.63) is 0 Å². The number of carbonyl (C=O) groups is 6. The number of halogens is 2. The Hall–Kier alpha value is -3.52. The fraction of sp³-hybridized carbons (Fsp3) is 0.769. The van der Waals surface area contributed by atoms with E-state index < -0.39 is 65.7 Å². The molecule has 2 saturated heterocycles. The maximum atomic E-state index is 13.7. The number of rotatable bonds is 7. The minimum Gasteiger partial charge on any atom is -0.480 e. The Kier molecular flexibility index (Phi) is 12.9. The minimum atomic E-state index is -1.33. The first kappa shape index (κ1) is 35.5. The molecule has 41 heavy (non-hydrogen) atoms. The van der Waals surface area contributed by atoms with Crippen LogP contribution >= 0.6 is 0 Å². The van der Waals surface area contributed by atoms with E-state index in [-0.39, 0.29) is 51.1 Å². The van der Waals surface area contributed by atoms with E-state index in [0.29, 0.717) is 0 Å². The van der Waals surface area contributed by atoms with Crippen molar-refractivity contribution >= 4 is 35.8 Å². The summed E-state index contributed by atoms with van der Waals surface area (Å²) in [5.74, 6) is -2.72. The first-order chi connectivity index (χ1) is 18.7. The Morgan fingerprint density at radius 3 is 1.66 bits per heavy atom. The largest absolute Gasteiger partial charge is 0.480 e. The Morgan fingerprint density at radius 2 is 1.24 bits per heavy atom. The summed E-state index contributed by atoms with van der Waals surface area (Å²) in [5, 5.41) is 11.2. The van der Waals surface area contributed by atoms with Gasteiger partial charge < -0.3 is 24.6 Å². The highest BCUT2D eigenvalue weighted by molar-refractivity contribution is 5.91. The molecule has 0 radical (unpaired) electrons. The Labute approximate surface area is 237 Å². The number of likely N-dealkylation sites (tertiary alicyclic amines) is 2. The van der Waals surface area contributed by atoms with E-state index in [0.717, 1.165) is 9.80 Å². The van der Waals surface area contributed by atoms with Gasteiger partial charge >= 0.3 is 24.1 Å². The van der Waals surface area contributed by atoms with Gasteiger partial charge in [-0.1, -0.05) is 0 Å². The van der Waals surface area contributed by atoms with E-state index in [1.54, 1.807) is 41.5 Å². The standard InChI is InChI=1S/C16H25FN2O6.C10H16FNO4/c1-16(2,3)25-15(23)19-9-10(17)7-12(19)14(22)18-8-11(20)5-6-13(21)24-4;1-10(2,3)16-9(15)12-5-6(11)4-7(12)8(13)14/h10,12H,5-9H2,1-4H3,(H,18,22);6-7H,4-5H2,1-3H3,(H,13,14)/t10-,12-;6-,7-/m00/s1. The molecule has 3 amide bonds. The fourth-order valence-electron chi connectivity index (χ4n) is 3.83. The summed E-state index contributed by atoms with van der Waals surface area (Å²) in [6.45, 7) is 9.27. The molecule has 2 fully saturated rings. The lowest BCUT2D eigenvalue weighted by Gasteiger charge is -2.27. The monoisotopic (exact) mass is 593 g/mol. The number of aliphatic carboxylic acids is 1. The third-order valence-corrected chi connectivity index (χ3v) is 5.64. The van der Waals surface area contributed by atoms with Crippen LogP contribution in [-0.4, -0.2) is 113 Å². The number of nitrogens with one attached hydrogen (secondary N) is 1. The molecule has 4 atom stereocenters. The number of hydrogen-bond acceptors (Lipinski definition) is 9. The van der Waals surface area contributed by atoms with Crippen LogP contribution in [-0.2, 0) is 33.4 Å². The molecule has 0 aliphatic carbocycles. The molecule has 2 aliphatic rings. The van der Waals surface area contributed by atoms with Gasteiger partial charge in [-0.25, -0.2) is 23.2 Å². The van der Waals surface area contributed by atoms with Crippen LogP contribution in [0.25, 0.3) is 0 Å². The maximum Gasteiger partial charge on any atom is 0.411 e. The highest BCUT2D eigenvalue weighted by atomic mass is 19.1. The molecule has 2 heterocycles. The number of alkyl halides is 2. The number of Topliss-reactive ketones (excluding diaryl/α,β-unsaturated/α-hetero) is 1. The first-order valence-corrected chi connectivity index (χ1v) is 13.1. The Morgan fingerprint density at radius 1 is 0.805 bits per heavy atom.